The maximum absolute atomic E-state index is 12.1. The molecule has 0 saturated carbocycles. The summed E-state index contributed by atoms with van der Waals surface area (Å²) in [5.41, 5.74) is -1.26. The molecule has 0 aliphatic carbocycles. The van der Waals surface area contributed by atoms with Crippen molar-refractivity contribution in [2.24, 2.45) is 5.16 Å². The maximum Gasteiger partial charge on any atom is 0.466 e. The summed E-state index contributed by atoms with van der Waals surface area (Å²) in [5.74, 6) is -3.06. The first-order valence-corrected chi connectivity index (χ1v) is 18.6. The molecule has 0 aromatic heterocycles. The predicted molar refractivity (Wildman–Crippen MR) is 157 cm³/mol. The van der Waals surface area contributed by atoms with E-state index in [0.29, 0.717) is 19.4 Å². The molecule has 0 bridgehead atoms. The molecule has 248 valence electrons. The molecule has 0 amide bonds. The van der Waals surface area contributed by atoms with E-state index >= 15 is 0 Å². The molecule has 1 rings (SSSR count). The van der Waals surface area contributed by atoms with Crippen LogP contribution >= 0.6 is 11.8 Å². The zero-order valence-electron chi connectivity index (χ0n) is 25.9. The molecule has 43 heavy (non-hydrogen) atoms. The highest BCUT2D eigenvalue weighted by Crippen LogP contribution is 2.37. The van der Waals surface area contributed by atoms with Gasteiger partial charge in [0.15, 0.2) is 26.6 Å². The summed E-state index contributed by atoms with van der Waals surface area (Å²) in [6, 6.07) is 0. The molecule has 0 radical (unpaired) electrons. The summed E-state index contributed by atoms with van der Waals surface area (Å²) in [6.45, 7) is 15.0. The third-order valence-electron chi connectivity index (χ3n) is 6.49. The monoisotopic (exact) mass is 673 g/mol. The molecule has 0 unspecified atom stereocenters. The molecule has 1 aliphatic rings. The molecule has 1 saturated heterocycles. The van der Waals surface area contributed by atoms with Crippen LogP contribution in [-0.4, -0.2) is 93.3 Å². The van der Waals surface area contributed by atoms with Crippen molar-refractivity contribution in [2.75, 3.05) is 13.2 Å². The smallest absolute Gasteiger partial charge is 0.463 e. The highest BCUT2D eigenvalue weighted by Gasteiger charge is 2.52. The second-order valence-corrected chi connectivity index (χ2v) is 18.2. The summed E-state index contributed by atoms with van der Waals surface area (Å²) in [4.78, 5) is 47.6. The Balaban J connectivity index is 3.34. The van der Waals surface area contributed by atoms with Crippen LogP contribution in [-0.2, 0) is 62.0 Å². The molecule has 15 nitrogen and oxygen atoms in total. The Kier molecular flexibility index (Phi) is 15.1. The fourth-order valence-electron chi connectivity index (χ4n) is 3.55. The Bertz CT molecular complexity index is 1120. The van der Waals surface area contributed by atoms with Gasteiger partial charge < -0.3 is 28.1 Å². The Morgan fingerprint density at radius 1 is 0.884 bits per heavy atom. The van der Waals surface area contributed by atoms with Crippen LogP contribution in [0.15, 0.2) is 5.16 Å². The highest BCUT2D eigenvalue weighted by atomic mass is 32.3. The van der Waals surface area contributed by atoms with E-state index in [1.165, 1.54) is 0 Å². The van der Waals surface area contributed by atoms with Crippen molar-refractivity contribution in [3.05, 3.63) is 0 Å². The molecule has 0 spiro atoms. The second-order valence-electron chi connectivity index (χ2n) is 11.2. The molecular formula is C25H43NO14S2Si. The lowest BCUT2D eigenvalue weighted by molar-refractivity contribution is -0.237. The van der Waals surface area contributed by atoms with Crippen LogP contribution in [0.25, 0.3) is 0 Å². The van der Waals surface area contributed by atoms with E-state index < -0.39 is 79.1 Å². The molecule has 5 atom stereocenters. The lowest BCUT2D eigenvalue weighted by atomic mass is 9.99. The SMILES string of the molecule is CC(=O)OC[C@H]1O[C@@H](S/C(CCCCO[Si](C)(C)C(C)(C)C)=N/OS(=O)(=O)O)[C@H](OC(C)=O)[C@@H](OC(C)=O)[C@@H]1OC(C)=O. The quantitative estimate of drug-likeness (QED) is 0.0412. The van der Waals surface area contributed by atoms with E-state index in [1.807, 2.05) is 0 Å². The van der Waals surface area contributed by atoms with E-state index in [2.05, 4.69) is 43.3 Å². The summed E-state index contributed by atoms with van der Waals surface area (Å²) >= 11 is 0.760. The van der Waals surface area contributed by atoms with Gasteiger partial charge in [-0.15, -0.1) is 0 Å². The van der Waals surface area contributed by atoms with Gasteiger partial charge in [0.2, 0.25) is 0 Å². The van der Waals surface area contributed by atoms with Gasteiger partial charge in [0.05, 0.1) is 0 Å². The van der Waals surface area contributed by atoms with Crippen LogP contribution in [0.5, 0.6) is 0 Å². The first-order chi connectivity index (χ1) is 19.6. The van der Waals surface area contributed by atoms with E-state index in [4.69, 9.17) is 32.7 Å². The Morgan fingerprint density at radius 2 is 1.42 bits per heavy atom. The van der Waals surface area contributed by atoms with E-state index in [9.17, 15) is 27.6 Å². The number of thioether (sulfide) groups is 1. The summed E-state index contributed by atoms with van der Waals surface area (Å²) in [7, 11) is -6.97. The van der Waals surface area contributed by atoms with Gasteiger partial charge in [-0.3, -0.25) is 23.7 Å². The number of carbonyl (C=O) groups excluding carboxylic acids is 4. The fourth-order valence-corrected chi connectivity index (χ4v) is 6.03. The Labute approximate surface area is 257 Å². The number of hydrogen-bond acceptors (Lipinski definition) is 15. The van der Waals surface area contributed by atoms with Crippen LogP contribution in [0.2, 0.25) is 18.1 Å². The van der Waals surface area contributed by atoms with Crippen molar-refractivity contribution in [3.63, 3.8) is 0 Å². The van der Waals surface area contributed by atoms with E-state index in [1.54, 1.807) is 0 Å². The molecule has 0 aromatic carbocycles. The first kappa shape index (κ1) is 38.8. The van der Waals surface area contributed by atoms with Gasteiger partial charge in [-0.2, -0.15) is 8.42 Å². The lowest BCUT2D eigenvalue weighted by Crippen LogP contribution is -2.61. The van der Waals surface area contributed by atoms with E-state index in [0.717, 1.165) is 39.5 Å². The standard InChI is InChI=1S/C25H43NO14S2Si/c1-15(27)34-14-19-21(36-16(2)28)22(37-17(3)29)23(38-18(4)30)24(39-19)41-20(26-40-42(31,32)33)12-10-11-13-35-43(8,9)25(5,6)7/h19,21-24H,10-14H2,1-9H3,(H,31,32,33)/b26-20+/t19-,21-,22+,23-,24+/m1/s1. The van der Waals surface area contributed by atoms with Gasteiger partial charge >= 0.3 is 34.3 Å². The topological polar surface area (TPSA) is 200 Å². The van der Waals surface area contributed by atoms with Gasteiger partial charge in [-0.1, -0.05) is 37.7 Å². The highest BCUT2D eigenvalue weighted by molar-refractivity contribution is 8.14. The van der Waals surface area contributed by atoms with Crippen molar-refractivity contribution < 1.29 is 64.5 Å². The van der Waals surface area contributed by atoms with Crippen LogP contribution < -0.4 is 0 Å². The zero-order chi connectivity index (χ0) is 33.2. The maximum atomic E-state index is 12.1. The van der Waals surface area contributed by atoms with Crippen molar-refractivity contribution in [1.29, 1.82) is 0 Å². The summed E-state index contributed by atoms with van der Waals surface area (Å²) < 4.78 is 69.4. The van der Waals surface area contributed by atoms with Crippen molar-refractivity contribution in [2.45, 2.75) is 116 Å². The zero-order valence-corrected chi connectivity index (χ0v) is 28.6. The Morgan fingerprint density at radius 3 is 1.91 bits per heavy atom. The number of unbranched alkanes of at least 4 members (excludes halogenated alkanes) is 1. The second kappa shape index (κ2) is 16.7. The minimum atomic E-state index is -4.97. The normalized spacial score (nSPS) is 23.2. The molecule has 0 aromatic rings. The molecule has 1 fully saturated rings. The number of rotatable bonds is 14. The van der Waals surface area contributed by atoms with Crippen LogP contribution in [0.1, 0.15) is 67.7 Å². The minimum absolute atomic E-state index is 0.00542. The molecule has 1 N–H and O–H groups in total. The Hall–Kier alpha value is -2.25. The van der Waals surface area contributed by atoms with Gasteiger partial charge in [-0.05, 0) is 37.4 Å². The van der Waals surface area contributed by atoms with Crippen LogP contribution in [0.4, 0.5) is 0 Å². The van der Waals surface area contributed by atoms with Crippen LogP contribution in [0, 0.1) is 0 Å². The molecule has 1 aliphatic heterocycles. The van der Waals surface area contributed by atoms with Gasteiger partial charge in [-0.25, -0.2) is 4.28 Å². The van der Waals surface area contributed by atoms with Gasteiger partial charge in [0, 0.05) is 34.3 Å². The predicted octanol–water partition coefficient (Wildman–Crippen LogP) is 3.13. The minimum Gasteiger partial charge on any atom is -0.463 e. The van der Waals surface area contributed by atoms with Crippen molar-refractivity contribution in [1.82, 2.24) is 0 Å². The molecular weight excluding hydrogens is 630 g/mol. The van der Waals surface area contributed by atoms with Crippen LogP contribution in [0.3, 0.4) is 0 Å². The average molecular weight is 674 g/mol. The molecule has 1 heterocycles. The van der Waals surface area contributed by atoms with Crippen molar-refractivity contribution >= 4 is 59.4 Å². The number of ether oxygens (including phenoxy) is 5. The lowest BCUT2D eigenvalue weighted by Gasteiger charge is -2.44. The third-order valence-corrected chi connectivity index (χ3v) is 12.5. The van der Waals surface area contributed by atoms with E-state index in [-0.39, 0.29) is 16.5 Å². The summed E-state index contributed by atoms with van der Waals surface area (Å²) in [6.07, 6.45) is -4.25. The third kappa shape index (κ3) is 14.4. The van der Waals surface area contributed by atoms with Gasteiger partial charge in [0.1, 0.15) is 23.2 Å². The number of nitrogens with zero attached hydrogens (tertiary/aromatic N) is 1. The largest absolute Gasteiger partial charge is 0.466 e. The number of esters is 4. The van der Waals surface area contributed by atoms with Gasteiger partial charge in [0.25, 0.3) is 0 Å². The number of oxime groups is 1. The number of hydrogen-bond donors (Lipinski definition) is 1. The number of carbonyl (C=O) groups is 4. The first-order valence-electron chi connectivity index (χ1n) is 13.5. The molecule has 18 heteroatoms. The summed E-state index contributed by atoms with van der Waals surface area (Å²) in [5, 5.41) is 3.56. The fraction of sp³-hybridized carbons (Fsp3) is 0.800. The average Bonchev–Trinajstić information content (AvgIpc) is 2.82. The van der Waals surface area contributed by atoms with Crippen molar-refractivity contribution in [3.8, 4) is 0 Å².